The third kappa shape index (κ3) is 1.76. The predicted molar refractivity (Wildman–Crippen MR) is 54.5 cm³/mol. The maximum Gasteiger partial charge on any atom is 0.0543 e. The second kappa shape index (κ2) is 3.27. The van der Waals surface area contributed by atoms with E-state index in [4.69, 9.17) is 0 Å². The molecular weight excluding hydrogens is 160 g/mol. The van der Waals surface area contributed by atoms with Gasteiger partial charge < -0.3 is 5.11 Å². The molecule has 4 unspecified atom stereocenters. The van der Waals surface area contributed by atoms with Crippen molar-refractivity contribution in [2.24, 2.45) is 17.3 Å². The second-order valence-electron chi connectivity index (χ2n) is 5.56. The number of aliphatic hydroxyl groups is 1. The maximum absolute atomic E-state index is 9.60. The van der Waals surface area contributed by atoms with Crippen LogP contribution in [0, 0.1) is 17.3 Å². The molecule has 0 spiro atoms. The van der Waals surface area contributed by atoms with Crippen molar-refractivity contribution in [2.45, 2.75) is 58.5 Å². The molecule has 0 bridgehead atoms. The maximum atomic E-state index is 9.60. The molecule has 76 valence electrons. The lowest BCUT2D eigenvalue weighted by molar-refractivity contribution is 0.0804. The average Bonchev–Trinajstić information content (AvgIpc) is 2.42. The number of rotatable bonds is 1. The van der Waals surface area contributed by atoms with Crippen molar-refractivity contribution in [3.63, 3.8) is 0 Å². The highest BCUT2D eigenvalue weighted by atomic mass is 16.3. The fraction of sp³-hybridized carbons (Fsp3) is 1.00. The number of hydrogen-bond donors (Lipinski definition) is 1. The molecule has 0 saturated heterocycles. The van der Waals surface area contributed by atoms with Gasteiger partial charge in [-0.15, -0.1) is 0 Å². The third-order valence-electron chi connectivity index (χ3n) is 4.48. The monoisotopic (exact) mass is 182 g/mol. The van der Waals surface area contributed by atoms with Gasteiger partial charge in [-0.05, 0) is 49.4 Å². The summed E-state index contributed by atoms with van der Waals surface area (Å²) in [5, 5.41) is 9.60. The Morgan fingerprint density at radius 1 is 1.23 bits per heavy atom. The fourth-order valence-electron chi connectivity index (χ4n) is 3.46. The zero-order valence-corrected chi connectivity index (χ0v) is 8.92. The molecule has 0 amide bonds. The molecular formula is C12H22O. The van der Waals surface area contributed by atoms with Gasteiger partial charge in [-0.2, -0.15) is 0 Å². The number of aliphatic hydroxyl groups excluding tert-OH is 1. The van der Waals surface area contributed by atoms with Crippen molar-refractivity contribution in [3.8, 4) is 0 Å². The van der Waals surface area contributed by atoms with E-state index >= 15 is 0 Å². The summed E-state index contributed by atoms with van der Waals surface area (Å²) in [6, 6.07) is 0. The van der Waals surface area contributed by atoms with Crippen molar-refractivity contribution < 1.29 is 5.11 Å². The highest BCUT2D eigenvalue weighted by Crippen LogP contribution is 2.52. The van der Waals surface area contributed by atoms with Crippen LogP contribution >= 0.6 is 0 Å². The van der Waals surface area contributed by atoms with Crippen molar-refractivity contribution in [3.05, 3.63) is 0 Å². The zero-order valence-electron chi connectivity index (χ0n) is 8.92. The van der Waals surface area contributed by atoms with Crippen LogP contribution in [-0.4, -0.2) is 11.2 Å². The summed E-state index contributed by atoms with van der Waals surface area (Å²) in [4.78, 5) is 0. The first-order valence-electron chi connectivity index (χ1n) is 5.81. The topological polar surface area (TPSA) is 20.2 Å². The fourth-order valence-corrected chi connectivity index (χ4v) is 3.46. The Labute approximate surface area is 81.5 Å². The van der Waals surface area contributed by atoms with Crippen molar-refractivity contribution in [2.75, 3.05) is 0 Å². The highest BCUT2D eigenvalue weighted by Gasteiger charge is 2.43. The Hall–Kier alpha value is -0.0400. The highest BCUT2D eigenvalue weighted by molar-refractivity contribution is 4.94. The Kier molecular flexibility index (Phi) is 2.39. The molecule has 2 aliphatic rings. The minimum atomic E-state index is 0.0143. The van der Waals surface area contributed by atoms with Gasteiger partial charge in [0.2, 0.25) is 0 Å². The molecule has 0 heterocycles. The lowest BCUT2D eigenvalue weighted by Crippen LogP contribution is -2.23. The standard InChI is InChI=1S/C12H22O/c1-3-12(2)7-9-4-5-11(13)6-10(9)8-12/h9-11,13H,3-8H2,1-2H3. The van der Waals surface area contributed by atoms with Gasteiger partial charge in [0, 0.05) is 0 Å². The van der Waals surface area contributed by atoms with Crippen LogP contribution in [-0.2, 0) is 0 Å². The minimum Gasteiger partial charge on any atom is -0.393 e. The average molecular weight is 182 g/mol. The van der Waals surface area contributed by atoms with E-state index < -0.39 is 0 Å². The molecule has 0 aromatic heterocycles. The van der Waals surface area contributed by atoms with Gasteiger partial charge in [-0.25, -0.2) is 0 Å². The summed E-state index contributed by atoms with van der Waals surface area (Å²) in [5.41, 5.74) is 0.597. The Morgan fingerprint density at radius 2 is 1.92 bits per heavy atom. The molecule has 2 rings (SSSR count). The lowest BCUT2D eigenvalue weighted by atomic mass is 9.80. The van der Waals surface area contributed by atoms with Gasteiger partial charge in [-0.3, -0.25) is 0 Å². The van der Waals surface area contributed by atoms with Crippen LogP contribution in [0.25, 0.3) is 0 Å². The summed E-state index contributed by atoms with van der Waals surface area (Å²) < 4.78 is 0. The van der Waals surface area contributed by atoms with Crippen LogP contribution in [0.15, 0.2) is 0 Å². The summed E-state index contributed by atoms with van der Waals surface area (Å²) in [6.45, 7) is 4.74. The van der Waals surface area contributed by atoms with Crippen LogP contribution in [0.5, 0.6) is 0 Å². The number of fused-ring (bicyclic) bond motifs is 1. The normalized spacial score (nSPS) is 50.5. The Morgan fingerprint density at radius 3 is 2.62 bits per heavy atom. The molecule has 0 aromatic rings. The lowest BCUT2D eigenvalue weighted by Gasteiger charge is -2.28. The molecule has 4 atom stereocenters. The molecule has 0 radical (unpaired) electrons. The molecule has 0 aliphatic heterocycles. The Bertz CT molecular complexity index is 190. The van der Waals surface area contributed by atoms with Crippen molar-refractivity contribution >= 4 is 0 Å². The SMILES string of the molecule is CCC1(C)CC2CCC(O)CC2C1. The van der Waals surface area contributed by atoms with E-state index in [-0.39, 0.29) is 6.10 Å². The number of hydrogen-bond acceptors (Lipinski definition) is 1. The van der Waals surface area contributed by atoms with Crippen LogP contribution in [0.3, 0.4) is 0 Å². The van der Waals surface area contributed by atoms with E-state index in [0.717, 1.165) is 24.7 Å². The first-order valence-corrected chi connectivity index (χ1v) is 5.81. The molecule has 0 aromatic carbocycles. The first-order chi connectivity index (χ1) is 6.13. The van der Waals surface area contributed by atoms with Crippen molar-refractivity contribution in [1.82, 2.24) is 0 Å². The Balaban J connectivity index is 2.02. The molecule has 2 saturated carbocycles. The van der Waals surface area contributed by atoms with Crippen LogP contribution < -0.4 is 0 Å². The van der Waals surface area contributed by atoms with Gasteiger partial charge in [0.05, 0.1) is 6.10 Å². The van der Waals surface area contributed by atoms with Gasteiger partial charge in [0.25, 0.3) is 0 Å². The van der Waals surface area contributed by atoms with E-state index in [9.17, 15) is 5.11 Å². The van der Waals surface area contributed by atoms with E-state index in [1.807, 2.05) is 0 Å². The smallest absolute Gasteiger partial charge is 0.0543 e. The van der Waals surface area contributed by atoms with E-state index in [1.54, 1.807) is 0 Å². The molecule has 13 heavy (non-hydrogen) atoms. The third-order valence-corrected chi connectivity index (χ3v) is 4.48. The largest absolute Gasteiger partial charge is 0.393 e. The van der Waals surface area contributed by atoms with E-state index in [2.05, 4.69) is 13.8 Å². The van der Waals surface area contributed by atoms with Crippen LogP contribution in [0.2, 0.25) is 0 Å². The van der Waals surface area contributed by atoms with Crippen LogP contribution in [0.4, 0.5) is 0 Å². The summed E-state index contributed by atoms with van der Waals surface area (Å²) in [7, 11) is 0. The van der Waals surface area contributed by atoms with Gasteiger partial charge in [0.15, 0.2) is 0 Å². The van der Waals surface area contributed by atoms with Crippen molar-refractivity contribution in [1.29, 1.82) is 0 Å². The molecule has 1 heteroatoms. The van der Waals surface area contributed by atoms with Gasteiger partial charge in [-0.1, -0.05) is 20.3 Å². The van der Waals surface area contributed by atoms with E-state index in [0.29, 0.717) is 5.41 Å². The molecule has 2 fully saturated rings. The summed E-state index contributed by atoms with van der Waals surface area (Å²) in [5.74, 6) is 1.78. The van der Waals surface area contributed by atoms with Gasteiger partial charge >= 0.3 is 0 Å². The predicted octanol–water partition coefficient (Wildman–Crippen LogP) is 2.97. The zero-order chi connectivity index (χ0) is 9.47. The minimum absolute atomic E-state index is 0.0143. The summed E-state index contributed by atoms with van der Waals surface area (Å²) in [6.07, 6.45) is 7.53. The van der Waals surface area contributed by atoms with Gasteiger partial charge in [0.1, 0.15) is 0 Å². The molecule has 1 nitrogen and oxygen atoms in total. The second-order valence-corrected chi connectivity index (χ2v) is 5.56. The molecule has 1 N–H and O–H groups in total. The quantitative estimate of drug-likeness (QED) is 0.661. The van der Waals surface area contributed by atoms with E-state index in [1.165, 1.54) is 25.7 Å². The summed E-state index contributed by atoms with van der Waals surface area (Å²) >= 11 is 0. The first kappa shape index (κ1) is 9.51. The van der Waals surface area contributed by atoms with Crippen LogP contribution in [0.1, 0.15) is 52.4 Å². The molecule has 2 aliphatic carbocycles.